The number of carboxylic acid groups (broad SMARTS) is 1. The zero-order valence-corrected chi connectivity index (χ0v) is 13.5. The number of carboxylic acids is 1. The lowest BCUT2D eigenvalue weighted by Gasteiger charge is -2.31. The zero-order chi connectivity index (χ0) is 19.6. The van der Waals surface area contributed by atoms with Crippen LogP contribution < -0.4 is 4.90 Å². The first kappa shape index (κ1) is 19.2. The van der Waals surface area contributed by atoms with Crippen LogP contribution in [0.15, 0.2) is 17.3 Å². The molecule has 1 aliphatic heterocycles. The zero-order valence-electron chi connectivity index (χ0n) is 13.5. The first-order chi connectivity index (χ1) is 12.2. The Bertz CT molecular complexity index is 822. The average Bonchev–Trinajstić information content (AvgIpc) is 2.62. The molecule has 1 aromatic carbocycles. The molecule has 0 saturated heterocycles. The molecule has 2 rings (SSSR count). The number of hydrogen-bond acceptors (Lipinski definition) is 7. The van der Waals surface area contributed by atoms with E-state index in [-0.39, 0.29) is 5.57 Å². The number of benzene rings is 1. The van der Waals surface area contributed by atoms with E-state index in [0.717, 1.165) is 14.2 Å². The minimum Gasteiger partial charge on any atom is -0.477 e. The monoisotopic (exact) mass is 375 g/mol. The van der Waals surface area contributed by atoms with Gasteiger partial charge in [-0.2, -0.15) is 0 Å². The van der Waals surface area contributed by atoms with Gasteiger partial charge >= 0.3 is 17.9 Å². The van der Waals surface area contributed by atoms with Gasteiger partial charge in [-0.3, -0.25) is 0 Å². The van der Waals surface area contributed by atoms with Crippen molar-refractivity contribution in [2.24, 2.45) is 0 Å². The van der Waals surface area contributed by atoms with Gasteiger partial charge in [-0.15, -0.1) is 0 Å². The molecule has 0 atom stereocenters. The number of methoxy groups -OCH3 is 2. The van der Waals surface area contributed by atoms with E-state index < -0.39 is 65.6 Å². The van der Waals surface area contributed by atoms with E-state index in [0.29, 0.717) is 11.0 Å². The topological polar surface area (TPSA) is 102 Å². The quantitative estimate of drug-likeness (QED) is 0.619. The molecule has 0 amide bonds. The maximum atomic E-state index is 14.5. The van der Waals surface area contributed by atoms with Gasteiger partial charge in [0.15, 0.2) is 17.5 Å². The van der Waals surface area contributed by atoms with Crippen LogP contribution in [0.2, 0.25) is 0 Å². The normalized spacial score (nSPS) is 14.3. The first-order valence-electron chi connectivity index (χ1n) is 6.90. The third-order valence-corrected chi connectivity index (χ3v) is 3.47. The smallest absolute Gasteiger partial charge is 0.355 e. The number of halogens is 3. The lowest BCUT2D eigenvalue weighted by Crippen LogP contribution is -2.39. The third kappa shape index (κ3) is 3.20. The second-order valence-electron chi connectivity index (χ2n) is 4.90. The van der Waals surface area contributed by atoms with Crippen molar-refractivity contribution in [3.63, 3.8) is 0 Å². The highest BCUT2D eigenvalue weighted by Crippen LogP contribution is 2.32. The lowest BCUT2D eigenvalue weighted by atomic mass is 10.1. The summed E-state index contributed by atoms with van der Waals surface area (Å²) in [7, 11) is 1.99. The van der Waals surface area contributed by atoms with E-state index in [1.165, 1.54) is 0 Å². The summed E-state index contributed by atoms with van der Waals surface area (Å²) in [4.78, 5) is 35.6. The molecule has 0 saturated carbocycles. The molecule has 0 bridgehead atoms. The van der Waals surface area contributed by atoms with Crippen molar-refractivity contribution < 1.29 is 46.9 Å². The van der Waals surface area contributed by atoms with Crippen LogP contribution in [0.3, 0.4) is 0 Å². The van der Waals surface area contributed by atoms with E-state index >= 15 is 0 Å². The molecule has 0 aliphatic carbocycles. The summed E-state index contributed by atoms with van der Waals surface area (Å²) in [6.45, 7) is -0.962. The minimum absolute atomic E-state index is 0.337. The summed E-state index contributed by atoms with van der Waals surface area (Å²) in [5.41, 5.74) is -3.31. The van der Waals surface area contributed by atoms with Crippen LogP contribution in [0, 0.1) is 17.5 Å². The van der Waals surface area contributed by atoms with Crippen molar-refractivity contribution in [3.8, 4) is 0 Å². The van der Waals surface area contributed by atoms with Crippen LogP contribution >= 0.6 is 0 Å². The van der Waals surface area contributed by atoms with Gasteiger partial charge < -0.3 is 24.2 Å². The molecule has 26 heavy (non-hydrogen) atoms. The number of ether oxygens (including phenoxy) is 3. The Labute approximate surface area is 144 Å². The second-order valence-corrected chi connectivity index (χ2v) is 4.90. The predicted octanol–water partition coefficient (Wildman–Crippen LogP) is 1.20. The van der Waals surface area contributed by atoms with Gasteiger partial charge in [0, 0.05) is 6.07 Å². The number of carbonyl (C=O) groups excluding carboxylic acids is 2. The fourth-order valence-electron chi connectivity index (χ4n) is 2.31. The maximum Gasteiger partial charge on any atom is 0.355 e. The molecule has 0 fully saturated rings. The fourth-order valence-corrected chi connectivity index (χ4v) is 2.31. The van der Waals surface area contributed by atoms with Gasteiger partial charge in [0.1, 0.15) is 18.0 Å². The summed E-state index contributed by atoms with van der Waals surface area (Å²) < 4.78 is 56.0. The van der Waals surface area contributed by atoms with Gasteiger partial charge in [-0.25, -0.2) is 27.6 Å². The van der Waals surface area contributed by atoms with Crippen LogP contribution in [0.1, 0.15) is 10.4 Å². The van der Waals surface area contributed by atoms with Crippen molar-refractivity contribution in [3.05, 3.63) is 40.4 Å². The third-order valence-electron chi connectivity index (χ3n) is 3.47. The number of rotatable bonds is 4. The highest BCUT2D eigenvalue weighted by atomic mass is 19.2. The molecule has 0 spiro atoms. The summed E-state index contributed by atoms with van der Waals surface area (Å²) in [5, 5.41) is 8.92. The van der Waals surface area contributed by atoms with Crippen LogP contribution in [-0.4, -0.2) is 50.6 Å². The highest BCUT2D eigenvalue weighted by molar-refractivity contribution is 6.03. The molecule has 1 aliphatic rings. The first-order valence-corrected chi connectivity index (χ1v) is 6.90. The van der Waals surface area contributed by atoms with Crippen LogP contribution in [-0.2, 0) is 23.8 Å². The standard InChI is InChI=1S/C15H12F3NO7/c1-24-14(22)6-4-26-5-19(12(6)15(23)25-2)8-3-7(16)10(17)9(11(8)18)13(20)21/h3H,4-5H2,1-2H3,(H,20,21). The molecule has 1 heterocycles. The van der Waals surface area contributed by atoms with E-state index in [2.05, 4.69) is 9.47 Å². The maximum absolute atomic E-state index is 14.5. The Kier molecular flexibility index (Phi) is 5.50. The van der Waals surface area contributed by atoms with Crippen LogP contribution in [0.4, 0.5) is 18.9 Å². The number of anilines is 1. The van der Waals surface area contributed by atoms with Crippen LogP contribution in [0.25, 0.3) is 0 Å². The number of hydrogen-bond donors (Lipinski definition) is 1. The molecule has 8 nitrogen and oxygen atoms in total. The number of aromatic carboxylic acids is 1. The van der Waals surface area contributed by atoms with Crippen LogP contribution in [0.5, 0.6) is 0 Å². The van der Waals surface area contributed by atoms with E-state index in [4.69, 9.17) is 9.84 Å². The molecule has 140 valence electrons. The summed E-state index contributed by atoms with van der Waals surface area (Å²) in [5.74, 6) is -9.42. The molecule has 1 aromatic rings. The number of nitrogens with zero attached hydrogens (tertiary/aromatic N) is 1. The largest absolute Gasteiger partial charge is 0.477 e. The Morgan fingerprint density at radius 1 is 1.12 bits per heavy atom. The van der Waals surface area contributed by atoms with E-state index in [9.17, 15) is 27.6 Å². The Morgan fingerprint density at radius 3 is 2.27 bits per heavy atom. The average molecular weight is 375 g/mol. The van der Waals surface area contributed by atoms with E-state index in [1.807, 2.05) is 0 Å². The van der Waals surface area contributed by atoms with Crippen molar-refractivity contribution in [1.29, 1.82) is 0 Å². The van der Waals surface area contributed by atoms with Crippen molar-refractivity contribution in [1.82, 2.24) is 0 Å². The molecule has 1 N–H and O–H groups in total. The van der Waals surface area contributed by atoms with Gasteiger partial charge in [0.25, 0.3) is 0 Å². The van der Waals surface area contributed by atoms with Gasteiger partial charge in [-0.1, -0.05) is 0 Å². The molecule has 0 unspecified atom stereocenters. The van der Waals surface area contributed by atoms with Crippen molar-refractivity contribution in [2.75, 3.05) is 32.5 Å². The van der Waals surface area contributed by atoms with Gasteiger partial charge in [0.05, 0.1) is 32.1 Å². The number of esters is 2. The molecule has 0 radical (unpaired) electrons. The summed E-state index contributed by atoms with van der Waals surface area (Å²) in [6.07, 6.45) is 0. The molecular formula is C15H12F3NO7. The second kappa shape index (κ2) is 7.44. The molecular weight excluding hydrogens is 363 g/mol. The Balaban J connectivity index is 2.75. The van der Waals surface area contributed by atoms with Crippen molar-refractivity contribution >= 4 is 23.6 Å². The highest BCUT2D eigenvalue weighted by Gasteiger charge is 2.36. The van der Waals surface area contributed by atoms with Gasteiger partial charge in [0.2, 0.25) is 0 Å². The summed E-state index contributed by atoms with van der Waals surface area (Å²) in [6, 6.07) is 0.337. The Morgan fingerprint density at radius 2 is 1.73 bits per heavy atom. The SMILES string of the molecule is COC(=O)C1=C(C(=O)OC)N(c2cc(F)c(F)c(C(=O)O)c2F)COC1. The number of carbonyl (C=O) groups is 3. The fraction of sp³-hybridized carbons (Fsp3) is 0.267. The predicted molar refractivity (Wildman–Crippen MR) is 77.6 cm³/mol. The van der Waals surface area contributed by atoms with Gasteiger partial charge in [-0.05, 0) is 0 Å². The lowest BCUT2D eigenvalue weighted by molar-refractivity contribution is -0.140. The molecule has 11 heteroatoms. The molecule has 0 aromatic heterocycles. The van der Waals surface area contributed by atoms with E-state index in [1.54, 1.807) is 0 Å². The Hall–Kier alpha value is -3.08. The van der Waals surface area contributed by atoms with Crippen molar-refractivity contribution in [2.45, 2.75) is 0 Å². The minimum atomic E-state index is -2.06. The summed E-state index contributed by atoms with van der Waals surface area (Å²) >= 11 is 0.